The van der Waals surface area contributed by atoms with E-state index in [0.29, 0.717) is 12.8 Å². The Labute approximate surface area is 367 Å². The smallest absolute Gasteiger partial charge is 0.306 e. The van der Waals surface area contributed by atoms with Crippen molar-refractivity contribution < 1.29 is 28.6 Å². The first-order valence-corrected chi connectivity index (χ1v) is 23.6. The van der Waals surface area contributed by atoms with E-state index in [-0.39, 0.29) is 37.5 Å². The van der Waals surface area contributed by atoms with Crippen molar-refractivity contribution in [1.82, 2.24) is 0 Å². The number of rotatable bonds is 40. The first-order valence-electron chi connectivity index (χ1n) is 23.6. The van der Waals surface area contributed by atoms with Crippen LogP contribution in [-0.4, -0.2) is 37.2 Å². The van der Waals surface area contributed by atoms with Gasteiger partial charge in [-0.3, -0.25) is 14.4 Å². The topological polar surface area (TPSA) is 78.9 Å². The lowest BCUT2D eigenvalue weighted by Gasteiger charge is -2.18. The van der Waals surface area contributed by atoms with Crippen molar-refractivity contribution in [3.05, 3.63) is 122 Å². The van der Waals surface area contributed by atoms with Crippen LogP contribution in [0, 0.1) is 0 Å². The number of esters is 3. The molecule has 0 bridgehead atoms. The number of ether oxygens (including phenoxy) is 3. The summed E-state index contributed by atoms with van der Waals surface area (Å²) in [4.78, 5) is 37.9. The third kappa shape index (κ3) is 44.9. The van der Waals surface area contributed by atoms with Crippen molar-refractivity contribution in [2.75, 3.05) is 13.2 Å². The van der Waals surface area contributed by atoms with E-state index < -0.39 is 6.10 Å². The number of allylic oxidation sites excluding steroid dienone is 20. The Morgan fingerprint density at radius 2 is 0.683 bits per heavy atom. The largest absolute Gasteiger partial charge is 0.462 e. The van der Waals surface area contributed by atoms with Crippen molar-refractivity contribution in [2.24, 2.45) is 0 Å². The van der Waals surface area contributed by atoms with Gasteiger partial charge in [-0.2, -0.15) is 0 Å². The van der Waals surface area contributed by atoms with Crippen LogP contribution in [0.5, 0.6) is 0 Å². The molecule has 0 aliphatic rings. The quantitative estimate of drug-likeness (QED) is 0.0201. The van der Waals surface area contributed by atoms with Gasteiger partial charge in [0.15, 0.2) is 6.10 Å². The van der Waals surface area contributed by atoms with E-state index >= 15 is 0 Å². The highest BCUT2D eigenvalue weighted by Crippen LogP contribution is 2.13. The van der Waals surface area contributed by atoms with Gasteiger partial charge in [0.1, 0.15) is 13.2 Å². The van der Waals surface area contributed by atoms with E-state index in [9.17, 15) is 14.4 Å². The SMILES string of the molecule is CC\C=C/C=C\C=C/C=C\CCCCCCCC(=O)OCC(COC(=O)CCCCCCC/C=C\C/C=C\CC)OC(=O)CCCCCCC\C=C/C=C\C=C/C=C\CC. The molecule has 336 valence electrons. The molecule has 0 aromatic heterocycles. The molecule has 0 aromatic carbocycles. The lowest BCUT2D eigenvalue weighted by atomic mass is 10.1. The van der Waals surface area contributed by atoms with Crippen LogP contribution in [0.4, 0.5) is 0 Å². The molecule has 0 saturated carbocycles. The predicted octanol–water partition coefficient (Wildman–Crippen LogP) is 15.4. The molecule has 0 saturated heterocycles. The van der Waals surface area contributed by atoms with Gasteiger partial charge in [-0.05, 0) is 83.5 Å². The Morgan fingerprint density at radius 1 is 0.350 bits per heavy atom. The summed E-state index contributed by atoms with van der Waals surface area (Å²) in [6.45, 7) is 6.17. The van der Waals surface area contributed by atoms with Gasteiger partial charge in [0.25, 0.3) is 0 Å². The van der Waals surface area contributed by atoms with Gasteiger partial charge in [-0.1, -0.05) is 200 Å². The zero-order valence-corrected chi connectivity index (χ0v) is 38.2. The Bertz CT molecular complexity index is 1320. The van der Waals surface area contributed by atoms with E-state index in [1.165, 1.54) is 0 Å². The number of unbranched alkanes of at least 4 members (excludes halogenated alkanes) is 15. The zero-order valence-electron chi connectivity index (χ0n) is 38.2. The number of carbonyl (C=O) groups excluding carboxylic acids is 3. The van der Waals surface area contributed by atoms with Crippen molar-refractivity contribution in [1.29, 1.82) is 0 Å². The molecule has 0 N–H and O–H groups in total. The maximum Gasteiger partial charge on any atom is 0.306 e. The molecule has 6 nitrogen and oxygen atoms in total. The summed E-state index contributed by atoms with van der Waals surface area (Å²) in [5.41, 5.74) is 0. The predicted molar refractivity (Wildman–Crippen MR) is 256 cm³/mol. The van der Waals surface area contributed by atoms with Crippen molar-refractivity contribution in [3.63, 3.8) is 0 Å². The Balaban J connectivity index is 4.52. The van der Waals surface area contributed by atoms with E-state index in [1.54, 1.807) is 0 Å². The molecule has 0 aliphatic heterocycles. The molecular weight excluding hydrogens is 745 g/mol. The molecule has 0 amide bonds. The molecule has 1 unspecified atom stereocenters. The number of hydrogen-bond donors (Lipinski definition) is 0. The second kappa shape index (κ2) is 47.5. The summed E-state index contributed by atoms with van der Waals surface area (Å²) in [5.74, 6) is -0.980. The molecule has 0 aromatic rings. The van der Waals surface area contributed by atoms with E-state index in [4.69, 9.17) is 14.2 Å². The van der Waals surface area contributed by atoms with Gasteiger partial charge >= 0.3 is 17.9 Å². The molecule has 0 fully saturated rings. The molecule has 0 rings (SSSR count). The summed E-state index contributed by atoms with van der Waals surface area (Å²) in [6, 6.07) is 0. The van der Waals surface area contributed by atoms with Crippen LogP contribution in [-0.2, 0) is 28.6 Å². The standard InChI is InChI=1S/C54H84O6/c1-4-7-10-13-16-19-22-25-27-29-32-35-38-41-44-47-53(56)59-50-51(49-58-52(55)46-43-40-37-34-31-24-21-18-15-12-9-6-3)60-54(57)48-45-42-39-36-33-30-28-26-23-20-17-14-11-8-5-2/h7-14,16-23,25-28,51H,4-6,15,24,29-50H2,1-3H3/b10-7-,11-8-,12-9-,16-13-,17-14-,21-18-,22-19-,23-20-,27-25-,28-26-. The Kier molecular flexibility index (Phi) is 44.2. The molecule has 6 heteroatoms. The van der Waals surface area contributed by atoms with Gasteiger partial charge in [0, 0.05) is 19.3 Å². The van der Waals surface area contributed by atoms with E-state index in [2.05, 4.69) is 93.7 Å². The monoisotopic (exact) mass is 829 g/mol. The second-order valence-electron chi connectivity index (χ2n) is 15.1. The van der Waals surface area contributed by atoms with Gasteiger partial charge in [-0.25, -0.2) is 0 Å². The minimum atomic E-state index is -0.808. The highest BCUT2D eigenvalue weighted by Gasteiger charge is 2.19. The van der Waals surface area contributed by atoms with Crippen LogP contribution < -0.4 is 0 Å². The number of hydrogen-bond acceptors (Lipinski definition) is 6. The highest BCUT2D eigenvalue weighted by atomic mass is 16.6. The Morgan fingerprint density at radius 3 is 1.12 bits per heavy atom. The lowest BCUT2D eigenvalue weighted by molar-refractivity contribution is -0.167. The molecule has 60 heavy (non-hydrogen) atoms. The lowest BCUT2D eigenvalue weighted by Crippen LogP contribution is -2.30. The highest BCUT2D eigenvalue weighted by molar-refractivity contribution is 5.71. The summed E-state index contributed by atoms with van der Waals surface area (Å²) in [6.07, 6.45) is 64.6. The van der Waals surface area contributed by atoms with Gasteiger partial charge in [0.05, 0.1) is 0 Å². The van der Waals surface area contributed by atoms with Crippen LogP contribution in [0.1, 0.15) is 181 Å². The fourth-order valence-electron chi connectivity index (χ4n) is 5.91. The van der Waals surface area contributed by atoms with Gasteiger partial charge in [0.2, 0.25) is 0 Å². The molecule has 1 atom stereocenters. The molecule has 0 spiro atoms. The third-order valence-corrected chi connectivity index (χ3v) is 9.38. The maximum absolute atomic E-state index is 12.8. The zero-order chi connectivity index (χ0) is 43.7. The van der Waals surface area contributed by atoms with E-state index in [0.717, 1.165) is 141 Å². The summed E-state index contributed by atoms with van der Waals surface area (Å²) >= 11 is 0. The summed E-state index contributed by atoms with van der Waals surface area (Å²) < 4.78 is 16.7. The average molecular weight is 829 g/mol. The van der Waals surface area contributed by atoms with Crippen LogP contribution >= 0.6 is 0 Å². The first-order chi connectivity index (χ1) is 29.5. The fraction of sp³-hybridized carbons (Fsp3) is 0.574. The van der Waals surface area contributed by atoms with Crippen molar-refractivity contribution in [3.8, 4) is 0 Å². The molecule has 0 heterocycles. The molecular formula is C54H84O6. The van der Waals surface area contributed by atoms with Crippen LogP contribution in [0.2, 0.25) is 0 Å². The maximum atomic E-state index is 12.8. The summed E-state index contributed by atoms with van der Waals surface area (Å²) in [5, 5.41) is 0. The Hall–Kier alpha value is -4.19. The normalized spacial score (nSPS) is 13.2. The van der Waals surface area contributed by atoms with Crippen molar-refractivity contribution in [2.45, 2.75) is 187 Å². The van der Waals surface area contributed by atoms with Crippen LogP contribution in [0.15, 0.2) is 122 Å². The third-order valence-electron chi connectivity index (χ3n) is 9.38. The first kappa shape index (κ1) is 55.8. The molecule has 0 radical (unpaired) electrons. The van der Waals surface area contributed by atoms with Gasteiger partial charge in [-0.15, -0.1) is 0 Å². The molecule has 0 aliphatic carbocycles. The van der Waals surface area contributed by atoms with Crippen LogP contribution in [0.25, 0.3) is 0 Å². The van der Waals surface area contributed by atoms with Crippen LogP contribution in [0.3, 0.4) is 0 Å². The second-order valence-corrected chi connectivity index (χ2v) is 15.1. The minimum Gasteiger partial charge on any atom is -0.462 e. The number of carbonyl (C=O) groups is 3. The fourth-order valence-corrected chi connectivity index (χ4v) is 5.91. The summed E-state index contributed by atoms with van der Waals surface area (Å²) in [7, 11) is 0. The van der Waals surface area contributed by atoms with Gasteiger partial charge < -0.3 is 14.2 Å². The van der Waals surface area contributed by atoms with Crippen molar-refractivity contribution >= 4 is 17.9 Å². The average Bonchev–Trinajstić information content (AvgIpc) is 3.24. The minimum absolute atomic E-state index is 0.107. The van der Waals surface area contributed by atoms with E-state index in [1.807, 2.05) is 48.6 Å².